The van der Waals surface area contributed by atoms with E-state index >= 15 is 0 Å². The summed E-state index contributed by atoms with van der Waals surface area (Å²) < 4.78 is 8.10. The molecule has 22 heavy (non-hydrogen) atoms. The lowest BCUT2D eigenvalue weighted by Crippen LogP contribution is -2.18. The molecule has 0 spiro atoms. The first-order valence-corrected chi connectivity index (χ1v) is 8.01. The third-order valence-corrected chi connectivity index (χ3v) is 3.91. The molecule has 6 heteroatoms. The van der Waals surface area contributed by atoms with Gasteiger partial charge in [-0.15, -0.1) is 0 Å². The van der Waals surface area contributed by atoms with Gasteiger partial charge in [0.05, 0.1) is 12.8 Å². The molecule has 0 saturated heterocycles. The zero-order valence-corrected chi connectivity index (χ0v) is 14.9. The van der Waals surface area contributed by atoms with Crippen molar-refractivity contribution in [3.05, 3.63) is 50.9 Å². The molecule has 0 unspecified atom stereocenters. The van der Waals surface area contributed by atoms with E-state index in [2.05, 4.69) is 62.0 Å². The molecule has 0 atom stereocenters. The van der Waals surface area contributed by atoms with E-state index in [4.69, 9.17) is 4.74 Å². The summed E-state index contributed by atoms with van der Waals surface area (Å²) in [6.07, 6.45) is 1.08. The fraction of sp³-hybridized carbons (Fsp3) is 0.250. The predicted molar refractivity (Wildman–Crippen MR) is 95.7 cm³/mol. The van der Waals surface area contributed by atoms with Crippen LogP contribution in [0.1, 0.15) is 23.9 Å². The Morgan fingerprint density at radius 1 is 1.36 bits per heavy atom. The summed E-state index contributed by atoms with van der Waals surface area (Å²) in [5.74, 6) is 0. The van der Waals surface area contributed by atoms with Crippen molar-refractivity contribution in [2.24, 2.45) is 5.10 Å². The van der Waals surface area contributed by atoms with Crippen LogP contribution in [0.2, 0.25) is 0 Å². The van der Waals surface area contributed by atoms with Crippen molar-refractivity contribution < 1.29 is 9.53 Å². The van der Waals surface area contributed by atoms with Crippen LogP contribution in [-0.2, 0) is 4.74 Å². The van der Waals surface area contributed by atoms with E-state index in [1.165, 1.54) is 3.57 Å². The smallest absolute Gasteiger partial charge is 0.427 e. The first-order chi connectivity index (χ1) is 10.5. The Morgan fingerprint density at radius 2 is 2.05 bits per heavy atom. The number of hydrogen-bond acceptors (Lipinski definition) is 3. The molecule has 2 rings (SSSR count). The van der Waals surface area contributed by atoms with Gasteiger partial charge in [-0.2, -0.15) is 5.10 Å². The number of carbonyl (C=O) groups excluding carboxylic acids is 1. The van der Waals surface area contributed by atoms with Crippen molar-refractivity contribution in [2.75, 3.05) is 6.61 Å². The molecule has 0 aliphatic heterocycles. The third kappa shape index (κ3) is 3.88. The number of carbonyl (C=O) groups is 1. The van der Waals surface area contributed by atoms with Gasteiger partial charge in [-0.05, 0) is 73.7 Å². The van der Waals surface area contributed by atoms with E-state index < -0.39 is 6.09 Å². The summed E-state index contributed by atoms with van der Waals surface area (Å²) in [6.45, 7) is 6.14. The number of hydrogen-bond donors (Lipinski definition) is 1. The van der Waals surface area contributed by atoms with Gasteiger partial charge in [0.15, 0.2) is 0 Å². The Hall–Kier alpha value is -1.83. The lowest BCUT2D eigenvalue weighted by atomic mass is 10.2. The van der Waals surface area contributed by atoms with Crippen LogP contribution in [0.15, 0.2) is 35.4 Å². The van der Waals surface area contributed by atoms with Crippen LogP contribution < -0.4 is 5.43 Å². The molecule has 1 N–H and O–H groups in total. The van der Waals surface area contributed by atoms with E-state index in [1.807, 2.05) is 19.9 Å². The number of halogens is 1. The van der Waals surface area contributed by atoms with Crippen molar-refractivity contribution in [2.45, 2.75) is 20.8 Å². The molecule has 0 bridgehead atoms. The molecule has 0 aliphatic carbocycles. The van der Waals surface area contributed by atoms with Gasteiger partial charge in [0.1, 0.15) is 0 Å². The van der Waals surface area contributed by atoms with Crippen LogP contribution in [-0.4, -0.2) is 23.5 Å². The quantitative estimate of drug-likeness (QED) is 0.473. The van der Waals surface area contributed by atoms with Gasteiger partial charge in [-0.25, -0.2) is 10.2 Å². The molecule has 0 radical (unpaired) electrons. The summed E-state index contributed by atoms with van der Waals surface area (Å²) in [7, 11) is 0. The maximum absolute atomic E-state index is 11.2. The van der Waals surface area contributed by atoms with Crippen molar-refractivity contribution >= 4 is 34.9 Å². The molecule has 2 aromatic rings. The minimum Gasteiger partial charge on any atom is -0.449 e. The normalized spacial score (nSPS) is 10.9. The van der Waals surface area contributed by atoms with E-state index in [9.17, 15) is 4.79 Å². The number of ether oxygens (including phenoxy) is 1. The largest absolute Gasteiger partial charge is 0.449 e. The van der Waals surface area contributed by atoms with Gasteiger partial charge >= 0.3 is 6.09 Å². The Labute approximate surface area is 143 Å². The fourth-order valence-corrected chi connectivity index (χ4v) is 2.58. The van der Waals surface area contributed by atoms with Gasteiger partial charge in [0, 0.05) is 26.2 Å². The van der Waals surface area contributed by atoms with Gasteiger partial charge in [-0.3, -0.25) is 0 Å². The minimum absolute atomic E-state index is 0.322. The highest BCUT2D eigenvalue weighted by atomic mass is 127. The number of rotatable bonds is 4. The summed E-state index contributed by atoms with van der Waals surface area (Å²) in [6, 6.07) is 10.3. The lowest BCUT2D eigenvalue weighted by molar-refractivity contribution is 0.152. The Kier molecular flexibility index (Phi) is 5.59. The average Bonchev–Trinajstić information content (AvgIpc) is 2.75. The van der Waals surface area contributed by atoms with Crippen LogP contribution in [0.5, 0.6) is 0 Å². The van der Waals surface area contributed by atoms with E-state index in [0.717, 1.165) is 22.6 Å². The maximum Gasteiger partial charge on any atom is 0.427 e. The van der Waals surface area contributed by atoms with Crippen molar-refractivity contribution in [3.8, 4) is 5.69 Å². The van der Waals surface area contributed by atoms with Gasteiger partial charge in [0.25, 0.3) is 0 Å². The lowest BCUT2D eigenvalue weighted by Gasteiger charge is -2.09. The number of aromatic nitrogens is 1. The van der Waals surface area contributed by atoms with Crippen LogP contribution in [0, 0.1) is 17.4 Å². The van der Waals surface area contributed by atoms with E-state index in [0.29, 0.717) is 6.61 Å². The molecule has 1 amide bonds. The topological polar surface area (TPSA) is 55.6 Å². The van der Waals surface area contributed by atoms with Gasteiger partial charge in [-0.1, -0.05) is 0 Å². The highest BCUT2D eigenvalue weighted by molar-refractivity contribution is 14.1. The fourth-order valence-electron chi connectivity index (χ4n) is 2.22. The molecular weight excluding hydrogens is 393 g/mol. The van der Waals surface area contributed by atoms with Crippen LogP contribution >= 0.6 is 22.6 Å². The first kappa shape index (κ1) is 16.5. The van der Waals surface area contributed by atoms with Gasteiger partial charge < -0.3 is 9.30 Å². The molecular formula is C16H18IN3O2. The number of benzene rings is 1. The average molecular weight is 411 g/mol. The monoisotopic (exact) mass is 411 g/mol. The van der Waals surface area contributed by atoms with E-state index in [-0.39, 0.29) is 0 Å². The van der Waals surface area contributed by atoms with Crippen molar-refractivity contribution in [1.29, 1.82) is 0 Å². The Balaban J connectivity index is 2.22. The third-order valence-electron chi connectivity index (χ3n) is 3.19. The number of nitrogens with one attached hydrogen (secondary N) is 1. The van der Waals surface area contributed by atoms with Gasteiger partial charge in [0.2, 0.25) is 0 Å². The summed E-state index contributed by atoms with van der Waals surface area (Å²) in [4.78, 5) is 11.2. The molecule has 0 fully saturated rings. The van der Waals surface area contributed by atoms with Crippen LogP contribution in [0.3, 0.4) is 0 Å². The summed E-state index contributed by atoms with van der Waals surface area (Å²) in [5.41, 5.74) is 6.56. The molecule has 0 saturated carbocycles. The Bertz CT molecular complexity index is 690. The number of nitrogens with zero attached hydrogens (tertiary/aromatic N) is 2. The molecule has 1 aromatic heterocycles. The van der Waals surface area contributed by atoms with Crippen LogP contribution in [0.4, 0.5) is 4.79 Å². The molecule has 1 aromatic carbocycles. The van der Waals surface area contributed by atoms with Crippen molar-refractivity contribution in [3.63, 3.8) is 0 Å². The number of amides is 1. The van der Waals surface area contributed by atoms with E-state index in [1.54, 1.807) is 13.1 Å². The Morgan fingerprint density at radius 3 is 2.68 bits per heavy atom. The van der Waals surface area contributed by atoms with Crippen molar-refractivity contribution in [1.82, 2.24) is 9.99 Å². The minimum atomic E-state index is -0.551. The SMILES string of the molecule is CCOC(=O)N/N=C/c1cc(C)n(-c2ccc(I)cc2)c1C. The number of aryl methyl sites for hydroxylation is 1. The summed E-state index contributed by atoms with van der Waals surface area (Å²) in [5, 5.41) is 3.92. The molecule has 116 valence electrons. The highest BCUT2D eigenvalue weighted by Gasteiger charge is 2.09. The zero-order chi connectivity index (χ0) is 16.1. The second kappa shape index (κ2) is 7.44. The second-order valence-corrected chi connectivity index (χ2v) is 5.97. The molecule has 5 nitrogen and oxygen atoms in total. The van der Waals surface area contributed by atoms with Crippen LogP contribution in [0.25, 0.3) is 5.69 Å². The molecule has 1 heterocycles. The maximum atomic E-state index is 11.2. The highest BCUT2D eigenvalue weighted by Crippen LogP contribution is 2.20. The predicted octanol–water partition coefficient (Wildman–Crippen LogP) is 3.78. The number of hydrazone groups is 1. The standard InChI is InChI=1S/C16H18IN3O2/c1-4-22-16(21)19-18-10-13-9-11(2)20(12(13)3)15-7-5-14(17)6-8-15/h5-10H,4H2,1-3H3,(H,19,21)/b18-10+. The summed E-state index contributed by atoms with van der Waals surface area (Å²) >= 11 is 2.29. The first-order valence-electron chi connectivity index (χ1n) is 6.93. The zero-order valence-electron chi connectivity index (χ0n) is 12.8. The molecule has 0 aliphatic rings. The second-order valence-electron chi connectivity index (χ2n) is 4.73.